The number of carbonyl (C=O) groups excluding carboxylic acids is 1. The molecule has 0 saturated carbocycles. The standard InChI is InChI=1S/C10H9N5O4/c1-6(16)13-11-4-7-5-12-14-10(7)8-2-3-9(19-8)15(17)18/h2-5H,1H3,(H,12,14)(H,13,16)/b11-4+. The Morgan fingerprint density at radius 1 is 1.63 bits per heavy atom. The smallest absolute Gasteiger partial charge is 0.399 e. The zero-order valence-corrected chi connectivity index (χ0v) is 9.78. The molecular weight excluding hydrogens is 254 g/mol. The molecule has 2 rings (SSSR count). The summed E-state index contributed by atoms with van der Waals surface area (Å²) in [5.41, 5.74) is 3.19. The van der Waals surface area contributed by atoms with Crippen LogP contribution in [0.2, 0.25) is 0 Å². The predicted octanol–water partition coefficient (Wildman–Crippen LogP) is 1.05. The number of nitrogens with one attached hydrogen (secondary N) is 2. The van der Waals surface area contributed by atoms with Gasteiger partial charge in [0.1, 0.15) is 10.6 Å². The fourth-order valence-electron chi connectivity index (χ4n) is 1.34. The van der Waals surface area contributed by atoms with Crippen LogP contribution in [-0.4, -0.2) is 27.2 Å². The van der Waals surface area contributed by atoms with Gasteiger partial charge in [0.2, 0.25) is 5.91 Å². The van der Waals surface area contributed by atoms with Crippen LogP contribution < -0.4 is 5.43 Å². The van der Waals surface area contributed by atoms with E-state index in [0.29, 0.717) is 11.3 Å². The van der Waals surface area contributed by atoms with E-state index in [2.05, 4.69) is 20.7 Å². The normalized spacial score (nSPS) is 10.8. The van der Waals surface area contributed by atoms with Crippen molar-refractivity contribution in [3.63, 3.8) is 0 Å². The van der Waals surface area contributed by atoms with E-state index in [0.717, 1.165) is 0 Å². The highest BCUT2D eigenvalue weighted by molar-refractivity contribution is 5.88. The molecule has 2 aromatic heterocycles. The van der Waals surface area contributed by atoms with Crippen molar-refractivity contribution in [2.45, 2.75) is 6.92 Å². The summed E-state index contributed by atoms with van der Waals surface area (Å²) in [5.74, 6) is -0.419. The van der Waals surface area contributed by atoms with Gasteiger partial charge in [0.15, 0.2) is 5.76 Å². The molecule has 0 aromatic carbocycles. The molecule has 0 saturated heterocycles. The van der Waals surface area contributed by atoms with Gasteiger partial charge in [0.25, 0.3) is 0 Å². The average Bonchev–Trinajstić information content (AvgIpc) is 2.94. The molecule has 0 spiro atoms. The maximum absolute atomic E-state index is 10.7. The first-order valence-electron chi connectivity index (χ1n) is 5.15. The summed E-state index contributed by atoms with van der Waals surface area (Å²) in [6, 6.07) is 2.69. The maximum atomic E-state index is 10.7. The van der Waals surface area contributed by atoms with E-state index in [1.807, 2.05) is 0 Å². The summed E-state index contributed by atoms with van der Waals surface area (Å²) < 4.78 is 5.04. The number of nitrogens with zero attached hydrogens (tertiary/aromatic N) is 3. The Kier molecular flexibility index (Phi) is 3.37. The first-order chi connectivity index (χ1) is 9.08. The molecule has 0 unspecified atom stereocenters. The number of hydrogen-bond donors (Lipinski definition) is 2. The molecular formula is C10H9N5O4. The van der Waals surface area contributed by atoms with Crippen LogP contribution >= 0.6 is 0 Å². The predicted molar refractivity (Wildman–Crippen MR) is 64.4 cm³/mol. The lowest BCUT2D eigenvalue weighted by molar-refractivity contribution is -0.401. The van der Waals surface area contributed by atoms with Gasteiger partial charge in [-0.05, 0) is 6.07 Å². The highest BCUT2D eigenvalue weighted by Crippen LogP contribution is 2.26. The largest absolute Gasteiger partial charge is 0.433 e. The maximum Gasteiger partial charge on any atom is 0.433 e. The van der Waals surface area contributed by atoms with Gasteiger partial charge < -0.3 is 4.42 Å². The lowest BCUT2D eigenvalue weighted by Crippen LogP contribution is -2.12. The molecule has 0 radical (unpaired) electrons. The van der Waals surface area contributed by atoms with Crippen LogP contribution in [0.5, 0.6) is 0 Å². The molecule has 0 atom stereocenters. The second-order valence-electron chi connectivity index (χ2n) is 3.52. The van der Waals surface area contributed by atoms with Crippen LogP contribution in [0, 0.1) is 10.1 Å². The topological polar surface area (TPSA) is 126 Å². The Balaban J connectivity index is 2.25. The van der Waals surface area contributed by atoms with Gasteiger partial charge >= 0.3 is 5.88 Å². The molecule has 2 N–H and O–H groups in total. The number of furan rings is 1. The third-order valence-corrected chi connectivity index (χ3v) is 2.11. The summed E-state index contributed by atoms with van der Waals surface area (Å²) in [6.07, 6.45) is 2.81. The van der Waals surface area contributed by atoms with E-state index in [-0.39, 0.29) is 17.6 Å². The number of carbonyl (C=O) groups is 1. The number of nitro groups is 1. The third-order valence-electron chi connectivity index (χ3n) is 2.11. The van der Waals surface area contributed by atoms with E-state index >= 15 is 0 Å². The molecule has 0 bridgehead atoms. The highest BCUT2D eigenvalue weighted by atomic mass is 16.6. The molecule has 0 aliphatic carbocycles. The van der Waals surface area contributed by atoms with E-state index in [9.17, 15) is 14.9 Å². The SMILES string of the molecule is CC(=O)N/N=C/c1cn[nH]c1-c1ccc([N+](=O)[O-])o1. The highest BCUT2D eigenvalue weighted by Gasteiger charge is 2.16. The molecule has 9 heteroatoms. The molecule has 0 aliphatic rings. The molecule has 2 aromatic rings. The zero-order valence-electron chi connectivity index (χ0n) is 9.78. The van der Waals surface area contributed by atoms with Gasteiger partial charge in [-0.15, -0.1) is 0 Å². The van der Waals surface area contributed by atoms with Crippen molar-refractivity contribution in [2.24, 2.45) is 5.10 Å². The Bertz CT molecular complexity index is 642. The number of hydrazone groups is 1. The van der Waals surface area contributed by atoms with Crippen LogP contribution in [0.25, 0.3) is 11.5 Å². The second kappa shape index (κ2) is 5.12. The quantitative estimate of drug-likeness (QED) is 0.484. The lowest BCUT2D eigenvalue weighted by Gasteiger charge is -1.94. The summed E-state index contributed by atoms with van der Waals surface area (Å²) in [5, 5.41) is 20.6. The summed E-state index contributed by atoms with van der Waals surface area (Å²) in [4.78, 5) is 20.6. The molecule has 2 heterocycles. The average molecular weight is 263 g/mol. The number of amides is 1. The Hall–Kier alpha value is -2.97. The minimum absolute atomic E-state index is 0.258. The Labute approximate surface area is 106 Å². The number of H-pyrrole nitrogens is 1. The van der Waals surface area contributed by atoms with E-state index in [1.54, 1.807) is 0 Å². The van der Waals surface area contributed by atoms with Gasteiger partial charge in [-0.25, -0.2) is 5.43 Å². The summed E-state index contributed by atoms with van der Waals surface area (Å²) in [7, 11) is 0. The van der Waals surface area contributed by atoms with Crippen molar-refractivity contribution in [2.75, 3.05) is 0 Å². The summed E-state index contributed by atoms with van der Waals surface area (Å²) in [6.45, 7) is 1.32. The molecule has 98 valence electrons. The van der Waals surface area contributed by atoms with Crippen LogP contribution in [0.1, 0.15) is 12.5 Å². The molecule has 1 amide bonds. The van der Waals surface area contributed by atoms with Crippen molar-refractivity contribution >= 4 is 18.0 Å². The number of rotatable bonds is 4. The fourth-order valence-corrected chi connectivity index (χ4v) is 1.34. The lowest BCUT2D eigenvalue weighted by atomic mass is 10.2. The van der Waals surface area contributed by atoms with Crippen molar-refractivity contribution < 1.29 is 14.1 Å². The van der Waals surface area contributed by atoms with Crippen LogP contribution in [0.4, 0.5) is 5.88 Å². The van der Waals surface area contributed by atoms with E-state index in [4.69, 9.17) is 4.42 Å². The van der Waals surface area contributed by atoms with Crippen molar-refractivity contribution in [1.82, 2.24) is 15.6 Å². The Morgan fingerprint density at radius 2 is 2.42 bits per heavy atom. The number of aromatic nitrogens is 2. The first kappa shape index (κ1) is 12.5. The van der Waals surface area contributed by atoms with Crippen LogP contribution in [0.3, 0.4) is 0 Å². The van der Waals surface area contributed by atoms with Gasteiger partial charge in [-0.2, -0.15) is 10.2 Å². The molecule has 0 fully saturated rings. The van der Waals surface area contributed by atoms with Crippen molar-refractivity contribution in [3.8, 4) is 11.5 Å². The van der Waals surface area contributed by atoms with Crippen LogP contribution in [-0.2, 0) is 4.79 Å². The van der Waals surface area contributed by atoms with Crippen LogP contribution in [0.15, 0.2) is 27.8 Å². The molecule has 9 nitrogen and oxygen atoms in total. The number of hydrogen-bond acceptors (Lipinski definition) is 6. The van der Waals surface area contributed by atoms with Crippen molar-refractivity contribution in [3.05, 3.63) is 34.0 Å². The Morgan fingerprint density at radius 3 is 3.05 bits per heavy atom. The minimum atomic E-state index is -0.634. The van der Waals surface area contributed by atoms with Gasteiger partial charge in [0, 0.05) is 12.5 Å². The van der Waals surface area contributed by atoms with Crippen molar-refractivity contribution in [1.29, 1.82) is 0 Å². The minimum Gasteiger partial charge on any atom is -0.399 e. The van der Waals surface area contributed by atoms with E-state index < -0.39 is 4.92 Å². The van der Waals surface area contributed by atoms with Gasteiger partial charge in [0.05, 0.1) is 18.5 Å². The molecule has 19 heavy (non-hydrogen) atoms. The zero-order chi connectivity index (χ0) is 13.8. The monoisotopic (exact) mass is 263 g/mol. The second-order valence-corrected chi connectivity index (χ2v) is 3.52. The number of aromatic amines is 1. The van der Waals surface area contributed by atoms with E-state index in [1.165, 1.54) is 31.5 Å². The van der Waals surface area contributed by atoms with Gasteiger partial charge in [-0.1, -0.05) is 0 Å². The first-order valence-corrected chi connectivity index (χ1v) is 5.15. The fraction of sp³-hybridized carbons (Fsp3) is 0.100. The molecule has 0 aliphatic heterocycles. The van der Waals surface area contributed by atoms with Gasteiger partial charge in [-0.3, -0.25) is 20.0 Å². The summed E-state index contributed by atoms with van der Waals surface area (Å²) >= 11 is 0. The third kappa shape index (κ3) is 2.83.